The van der Waals surface area contributed by atoms with Crippen molar-refractivity contribution in [2.75, 3.05) is 6.54 Å². The number of carbonyl (C=O) groups excluding carboxylic acids is 2. The van der Waals surface area contributed by atoms with E-state index in [9.17, 15) is 24.5 Å². The minimum absolute atomic E-state index is 0.00286. The van der Waals surface area contributed by atoms with Crippen molar-refractivity contribution in [3.8, 4) is 5.75 Å². The standard InChI is InChI=1S/C21H16N2O7/c1-3-8-22-19(24)16-9-13-6-7-15(11-18(13)30-21(16)26)29-20(25)14-5-4-12(2)17(10-14)23(27)28/h3-7,9-11H,1,8H2,2H3,(H,22,24). The van der Waals surface area contributed by atoms with Crippen LogP contribution < -0.4 is 15.7 Å². The zero-order valence-corrected chi connectivity index (χ0v) is 15.8. The van der Waals surface area contributed by atoms with Gasteiger partial charge in [0.1, 0.15) is 16.9 Å². The number of fused-ring (bicyclic) bond motifs is 1. The maximum atomic E-state index is 12.3. The van der Waals surface area contributed by atoms with E-state index in [1.54, 1.807) is 6.92 Å². The number of ether oxygens (including phenoxy) is 1. The van der Waals surface area contributed by atoms with E-state index in [0.717, 1.165) is 6.07 Å². The Morgan fingerprint density at radius 1 is 1.23 bits per heavy atom. The first-order chi connectivity index (χ1) is 14.3. The minimum Gasteiger partial charge on any atom is -0.423 e. The second kappa shape index (κ2) is 8.39. The molecule has 2 aromatic carbocycles. The lowest BCUT2D eigenvalue weighted by Gasteiger charge is -2.07. The van der Waals surface area contributed by atoms with E-state index < -0.39 is 22.4 Å². The highest BCUT2D eigenvalue weighted by Gasteiger charge is 2.18. The molecular formula is C21H16N2O7. The number of nitrogens with one attached hydrogen (secondary N) is 1. The Morgan fingerprint density at radius 3 is 2.70 bits per heavy atom. The second-order valence-corrected chi connectivity index (χ2v) is 6.29. The number of hydrogen-bond acceptors (Lipinski definition) is 7. The fourth-order valence-corrected chi connectivity index (χ4v) is 2.67. The van der Waals surface area contributed by atoms with E-state index in [1.807, 2.05) is 0 Å². The highest BCUT2D eigenvalue weighted by Crippen LogP contribution is 2.23. The first-order valence-corrected chi connectivity index (χ1v) is 8.74. The Morgan fingerprint density at radius 2 is 2.00 bits per heavy atom. The number of esters is 1. The van der Waals surface area contributed by atoms with Gasteiger partial charge in [0, 0.05) is 29.6 Å². The molecular weight excluding hydrogens is 392 g/mol. The number of nitro benzene ring substituents is 1. The normalized spacial score (nSPS) is 10.4. The van der Waals surface area contributed by atoms with Crippen molar-refractivity contribution in [3.63, 3.8) is 0 Å². The van der Waals surface area contributed by atoms with Crippen LogP contribution in [0.5, 0.6) is 5.75 Å². The topological polar surface area (TPSA) is 129 Å². The molecule has 9 nitrogen and oxygen atoms in total. The van der Waals surface area contributed by atoms with Gasteiger partial charge in [0.2, 0.25) is 0 Å². The van der Waals surface area contributed by atoms with Gasteiger partial charge in [-0.2, -0.15) is 0 Å². The molecule has 0 bridgehead atoms. The molecule has 1 aromatic heterocycles. The molecule has 3 rings (SSSR count). The number of nitro groups is 1. The molecule has 152 valence electrons. The van der Waals surface area contributed by atoms with E-state index in [-0.39, 0.29) is 34.7 Å². The number of amides is 1. The summed E-state index contributed by atoms with van der Waals surface area (Å²) in [5, 5.41) is 14.0. The van der Waals surface area contributed by atoms with Gasteiger partial charge in [0.05, 0.1) is 10.5 Å². The molecule has 3 aromatic rings. The largest absolute Gasteiger partial charge is 0.423 e. The van der Waals surface area contributed by atoms with Gasteiger partial charge in [-0.15, -0.1) is 6.58 Å². The lowest BCUT2D eigenvalue weighted by atomic mass is 10.1. The highest BCUT2D eigenvalue weighted by atomic mass is 16.6. The van der Waals surface area contributed by atoms with Gasteiger partial charge in [0.15, 0.2) is 0 Å². The third-order valence-electron chi connectivity index (χ3n) is 4.21. The van der Waals surface area contributed by atoms with Gasteiger partial charge in [-0.05, 0) is 31.2 Å². The molecule has 0 aliphatic heterocycles. The fraction of sp³-hybridized carbons (Fsp3) is 0.0952. The van der Waals surface area contributed by atoms with Gasteiger partial charge in [-0.3, -0.25) is 14.9 Å². The number of benzene rings is 2. The predicted octanol–water partition coefficient (Wildman–Crippen LogP) is 3.14. The first kappa shape index (κ1) is 20.5. The maximum Gasteiger partial charge on any atom is 0.349 e. The van der Waals surface area contributed by atoms with Crippen molar-refractivity contribution in [1.82, 2.24) is 5.32 Å². The molecule has 9 heteroatoms. The molecule has 1 N–H and O–H groups in total. The van der Waals surface area contributed by atoms with E-state index in [4.69, 9.17) is 9.15 Å². The summed E-state index contributed by atoms with van der Waals surface area (Å²) in [5.41, 5.74) is -0.681. The van der Waals surface area contributed by atoms with Crippen molar-refractivity contribution in [2.24, 2.45) is 0 Å². The van der Waals surface area contributed by atoms with Gasteiger partial charge in [-0.25, -0.2) is 9.59 Å². The molecule has 0 aliphatic carbocycles. The SMILES string of the molecule is C=CCNC(=O)c1cc2ccc(OC(=O)c3ccc(C)c([N+](=O)[O-])c3)cc2oc1=O. The van der Waals surface area contributed by atoms with Crippen molar-refractivity contribution in [2.45, 2.75) is 6.92 Å². The van der Waals surface area contributed by atoms with Crippen LogP contribution in [-0.2, 0) is 0 Å². The second-order valence-electron chi connectivity index (χ2n) is 6.29. The van der Waals surface area contributed by atoms with Gasteiger partial charge < -0.3 is 14.5 Å². The van der Waals surface area contributed by atoms with Crippen molar-refractivity contribution >= 4 is 28.5 Å². The van der Waals surface area contributed by atoms with Crippen LogP contribution in [0, 0.1) is 17.0 Å². The number of rotatable bonds is 6. The summed E-state index contributed by atoms with van der Waals surface area (Å²) in [6, 6.07) is 9.66. The van der Waals surface area contributed by atoms with Crippen LogP contribution in [0.15, 0.2) is 64.3 Å². The molecule has 0 saturated heterocycles. The van der Waals surface area contributed by atoms with Crippen LogP contribution in [0.4, 0.5) is 5.69 Å². The van der Waals surface area contributed by atoms with Crippen LogP contribution in [0.3, 0.4) is 0 Å². The Balaban J connectivity index is 1.87. The summed E-state index contributed by atoms with van der Waals surface area (Å²) >= 11 is 0. The first-order valence-electron chi connectivity index (χ1n) is 8.74. The summed E-state index contributed by atoms with van der Waals surface area (Å²) in [7, 11) is 0. The van der Waals surface area contributed by atoms with Crippen LogP contribution in [0.2, 0.25) is 0 Å². The molecule has 0 aliphatic rings. The summed E-state index contributed by atoms with van der Waals surface area (Å²) in [4.78, 5) is 46.9. The summed E-state index contributed by atoms with van der Waals surface area (Å²) in [5.74, 6) is -1.33. The van der Waals surface area contributed by atoms with E-state index in [2.05, 4.69) is 11.9 Å². The number of hydrogen-bond donors (Lipinski definition) is 1. The van der Waals surface area contributed by atoms with Gasteiger partial charge in [-0.1, -0.05) is 12.1 Å². The highest BCUT2D eigenvalue weighted by molar-refractivity contribution is 5.97. The Hall–Kier alpha value is -4.27. The summed E-state index contributed by atoms with van der Waals surface area (Å²) in [6.45, 7) is 5.24. The van der Waals surface area contributed by atoms with Crippen LogP contribution in [0.25, 0.3) is 11.0 Å². The van der Waals surface area contributed by atoms with Crippen LogP contribution in [0.1, 0.15) is 26.3 Å². The number of carbonyl (C=O) groups is 2. The lowest BCUT2D eigenvalue weighted by Crippen LogP contribution is -2.28. The van der Waals surface area contributed by atoms with Crippen LogP contribution in [-0.4, -0.2) is 23.3 Å². The van der Waals surface area contributed by atoms with Crippen molar-refractivity contribution < 1.29 is 23.7 Å². The fourth-order valence-electron chi connectivity index (χ4n) is 2.67. The third kappa shape index (κ3) is 4.25. The molecule has 0 saturated carbocycles. The van der Waals surface area contributed by atoms with E-state index >= 15 is 0 Å². The molecule has 0 atom stereocenters. The maximum absolute atomic E-state index is 12.3. The lowest BCUT2D eigenvalue weighted by molar-refractivity contribution is -0.385. The summed E-state index contributed by atoms with van der Waals surface area (Å²) < 4.78 is 10.4. The average molecular weight is 408 g/mol. The van der Waals surface area contributed by atoms with Crippen molar-refractivity contribution in [3.05, 3.63) is 92.3 Å². The molecule has 0 spiro atoms. The van der Waals surface area contributed by atoms with Gasteiger partial charge >= 0.3 is 11.6 Å². The van der Waals surface area contributed by atoms with Crippen LogP contribution >= 0.6 is 0 Å². The van der Waals surface area contributed by atoms with Crippen molar-refractivity contribution in [1.29, 1.82) is 0 Å². The molecule has 0 radical (unpaired) electrons. The zero-order chi connectivity index (χ0) is 21.8. The Kier molecular flexibility index (Phi) is 5.73. The average Bonchev–Trinajstić information content (AvgIpc) is 2.71. The monoisotopic (exact) mass is 408 g/mol. The molecule has 1 amide bonds. The summed E-state index contributed by atoms with van der Waals surface area (Å²) in [6.07, 6.45) is 1.48. The third-order valence-corrected chi connectivity index (χ3v) is 4.21. The molecule has 30 heavy (non-hydrogen) atoms. The zero-order valence-electron chi connectivity index (χ0n) is 15.8. The quantitative estimate of drug-likeness (QED) is 0.166. The molecule has 1 heterocycles. The number of nitrogens with zero attached hydrogens (tertiary/aromatic N) is 1. The predicted molar refractivity (Wildman–Crippen MR) is 108 cm³/mol. The molecule has 0 unspecified atom stereocenters. The van der Waals surface area contributed by atoms with E-state index in [1.165, 1.54) is 42.5 Å². The Labute approximate surface area is 169 Å². The molecule has 0 fully saturated rings. The van der Waals surface area contributed by atoms with Gasteiger partial charge in [0.25, 0.3) is 11.6 Å². The minimum atomic E-state index is -0.846. The smallest absolute Gasteiger partial charge is 0.349 e. The Bertz CT molecular complexity index is 1240. The number of aryl methyl sites for hydroxylation is 1. The van der Waals surface area contributed by atoms with E-state index in [0.29, 0.717) is 10.9 Å².